The highest BCUT2D eigenvalue weighted by molar-refractivity contribution is 6.14. The average molecular weight is 336 g/mol. The van der Waals surface area contributed by atoms with E-state index in [1.165, 1.54) is 7.11 Å². The second kappa shape index (κ2) is 6.89. The highest BCUT2D eigenvalue weighted by atomic mass is 16.5. The minimum Gasteiger partial charge on any atom is -0.496 e. The second-order valence-corrected chi connectivity index (χ2v) is 6.27. The van der Waals surface area contributed by atoms with Crippen molar-refractivity contribution >= 4 is 17.5 Å². The molecule has 2 aliphatic rings. The van der Waals surface area contributed by atoms with E-state index in [0.29, 0.717) is 17.0 Å². The summed E-state index contributed by atoms with van der Waals surface area (Å²) in [7, 11) is 1.52. The van der Waals surface area contributed by atoms with Crippen LogP contribution in [0.5, 0.6) is 5.75 Å². The predicted molar refractivity (Wildman–Crippen MR) is 96.5 cm³/mol. The Labute approximate surface area is 146 Å². The Bertz CT molecular complexity index is 844. The number of benzene rings is 1. The van der Waals surface area contributed by atoms with Crippen molar-refractivity contribution < 1.29 is 14.3 Å². The van der Waals surface area contributed by atoms with Gasteiger partial charge in [0, 0.05) is 17.7 Å². The number of para-hydroxylation sites is 1. The van der Waals surface area contributed by atoms with E-state index >= 15 is 0 Å². The minimum atomic E-state index is -0.380. The summed E-state index contributed by atoms with van der Waals surface area (Å²) in [4.78, 5) is 28.5. The largest absolute Gasteiger partial charge is 0.496 e. The maximum atomic E-state index is 12.5. The van der Waals surface area contributed by atoms with Crippen molar-refractivity contribution in [3.63, 3.8) is 0 Å². The first-order valence-electron chi connectivity index (χ1n) is 8.18. The molecule has 1 N–H and O–H groups in total. The van der Waals surface area contributed by atoms with Gasteiger partial charge in [-0.05, 0) is 35.8 Å². The maximum Gasteiger partial charge on any atom is 0.281 e. The highest BCUT2D eigenvalue weighted by Crippen LogP contribution is 2.31. The van der Waals surface area contributed by atoms with Crippen LogP contribution in [0, 0.1) is 11.8 Å². The lowest BCUT2D eigenvalue weighted by atomic mass is 9.82. The Morgan fingerprint density at radius 3 is 2.72 bits per heavy atom. The molecule has 0 bridgehead atoms. The fourth-order valence-corrected chi connectivity index (χ4v) is 3.01. The molecule has 3 rings (SSSR count). The molecule has 5 nitrogen and oxygen atoms in total. The molecule has 1 unspecified atom stereocenters. The Hall–Kier alpha value is -2.95. The first kappa shape index (κ1) is 16.9. The molecule has 1 atom stereocenters. The van der Waals surface area contributed by atoms with Crippen LogP contribution in [-0.2, 0) is 4.79 Å². The Morgan fingerprint density at radius 1 is 1.24 bits per heavy atom. The molecule has 0 spiro atoms. The fourth-order valence-electron chi connectivity index (χ4n) is 3.01. The fraction of sp³-hybridized carbons (Fsp3) is 0.250. The Morgan fingerprint density at radius 2 is 2.00 bits per heavy atom. The molecular weight excluding hydrogens is 316 g/mol. The third-order valence-electron chi connectivity index (χ3n) is 4.26. The van der Waals surface area contributed by atoms with Gasteiger partial charge in [0.2, 0.25) is 5.91 Å². The number of nitrogens with zero attached hydrogens (tertiary/aromatic N) is 1. The smallest absolute Gasteiger partial charge is 0.281 e. The number of fused-ring (bicyclic) bond motifs is 1. The number of aliphatic imine (C=N–C) groups is 1. The SMILES string of the molecule is COc1ccccc1C(=O)N=C1C=CC2C(=C1)NC(=O)C=C2C(C)C. The molecule has 1 aromatic rings. The van der Waals surface area contributed by atoms with Gasteiger partial charge in [-0.25, -0.2) is 4.99 Å². The molecule has 0 radical (unpaired) electrons. The molecule has 1 aromatic carbocycles. The molecule has 5 heteroatoms. The normalized spacial score (nSPS) is 20.7. The molecule has 0 aromatic heterocycles. The molecular formula is C20H20N2O3. The number of allylic oxidation sites excluding steroid dienone is 3. The zero-order valence-corrected chi connectivity index (χ0v) is 14.4. The molecule has 128 valence electrons. The van der Waals surface area contributed by atoms with Gasteiger partial charge in [-0.2, -0.15) is 0 Å². The number of ether oxygens (including phenoxy) is 1. The minimum absolute atomic E-state index is 0.0259. The van der Waals surface area contributed by atoms with Crippen LogP contribution in [0.2, 0.25) is 0 Å². The number of rotatable bonds is 3. The van der Waals surface area contributed by atoms with Crippen LogP contribution in [0.15, 0.2) is 64.8 Å². The van der Waals surface area contributed by atoms with Gasteiger partial charge in [0.25, 0.3) is 5.91 Å². The van der Waals surface area contributed by atoms with Gasteiger partial charge in [0.05, 0.1) is 18.4 Å². The molecule has 0 saturated carbocycles. The van der Waals surface area contributed by atoms with E-state index in [2.05, 4.69) is 24.2 Å². The van der Waals surface area contributed by atoms with Gasteiger partial charge in [0.1, 0.15) is 5.75 Å². The molecule has 1 aliphatic heterocycles. The molecule has 0 saturated heterocycles. The number of methoxy groups -OCH3 is 1. The van der Waals surface area contributed by atoms with Crippen LogP contribution in [0.3, 0.4) is 0 Å². The van der Waals surface area contributed by atoms with Gasteiger partial charge in [0.15, 0.2) is 0 Å². The maximum absolute atomic E-state index is 12.5. The number of carbonyl (C=O) groups excluding carboxylic acids is 2. The van der Waals surface area contributed by atoms with Crippen molar-refractivity contribution in [1.82, 2.24) is 5.32 Å². The first-order chi connectivity index (χ1) is 12.0. The number of carbonyl (C=O) groups is 2. The third kappa shape index (κ3) is 3.45. The summed E-state index contributed by atoms with van der Waals surface area (Å²) in [5, 5.41) is 2.85. The summed E-state index contributed by atoms with van der Waals surface area (Å²) in [6, 6.07) is 6.96. The number of hydrogen-bond donors (Lipinski definition) is 1. The van der Waals surface area contributed by atoms with Gasteiger partial charge in [-0.3, -0.25) is 9.59 Å². The van der Waals surface area contributed by atoms with Gasteiger partial charge in [-0.1, -0.05) is 32.1 Å². The standard InChI is InChI=1S/C20H20N2O3/c1-12(2)16-11-19(23)22-17-10-13(8-9-14(16)17)21-20(24)15-6-4-5-7-18(15)25-3/h4-12,14H,1-3H3,(H,22,23). The number of nitrogens with one attached hydrogen (secondary N) is 1. The summed E-state index contributed by atoms with van der Waals surface area (Å²) in [5.74, 6) is 0.250. The monoisotopic (exact) mass is 336 g/mol. The first-order valence-corrected chi connectivity index (χ1v) is 8.18. The quantitative estimate of drug-likeness (QED) is 0.922. The molecule has 1 heterocycles. The van der Waals surface area contributed by atoms with Gasteiger partial charge in [-0.15, -0.1) is 0 Å². The molecule has 1 aliphatic carbocycles. The van der Waals surface area contributed by atoms with Gasteiger partial charge >= 0.3 is 0 Å². The van der Waals surface area contributed by atoms with E-state index in [4.69, 9.17) is 4.74 Å². The summed E-state index contributed by atoms with van der Waals surface area (Å²) in [6.45, 7) is 4.12. The second-order valence-electron chi connectivity index (χ2n) is 6.27. The van der Waals surface area contributed by atoms with Crippen LogP contribution in [0.25, 0.3) is 0 Å². The van der Waals surface area contributed by atoms with Crippen molar-refractivity contribution in [2.75, 3.05) is 7.11 Å². The van der Waals surface area contributed by atoms with E-state index < -0.39 is 0 Å². The summed E-state index contributed by atoms with van der Waals surface area (Å²) < 4.78 is 5.21. The number of hydrogen-bond acceptors (Lipinski definition) is 3. The predicted octanol–water partition coefficient (Wildman–Crippen LogP) is 3.06. The van der Waals surface area contributed by atoms with Crippen LogP contribution in [0.4, 0.5) is 0 Å². The molecule has 2 amide bonds. The van der Waals surface area contributed by atoms with Gasteiger partial charge < -0.3 is 10.1 Å². The van der Waals surface area contributed by atoms with E-state index in [9.17, 15) is 9.59 Å². The van der Waals surface area contributed by atoms with Crippen LogP contribution in [-0.4, -0.2) is 24.6 Å². The lowest BCUT2D eigenvalue weighted by Gasteiger charge is -2.29. The zero-order valence-electron chi connectivity index (χ0n) is 14.4. The van der Waals surface area contributed by atoms with Crippen molar-refractivity contribution in [3.8, 4) is 5.75 Å². The lowest BCUT2D eigenvalue weighted by molar-refractivity contribution is -0.116. The van der Waals surface area contributed by atoms with E-state index in [1.807, 2.05) is 12.2 Å². The van der Waals surface area contributed by atoms with Crippen LogP contribution < -0.4 is 10.1 Å². The summed E-state index contributed by atoms with van der Waals surface area (Å²) in [5.41, 5.74) is 2.72. The summed E-state index contributed by atoms with van der Waals surface area (Å²) >= 11 is 0. The zero-order chi connectivity index (χ0) is 18.0. The average Bonchev–Trinajstić information content (AvgIpc) is 2.60. The highest BCUT2D eigenvalue weighted by Gasteiger charge is 2.28. The van der Waals surface area contributed by atoms with Crippen molar-refractivity contribution in [1.29, 1.82) is 0 Å². The summed E-state index contributed by atoms with van der Waals surface area (Å²) in [6.07, 6.45) is 7.19. The van der Waals surface area contributed by atoms with Crippen molar-refractivity contribution in [2.24, 2.45) is 16.8 Å². The molecule has 25 heavy (non-hydrogen) atoms. The van der Waals surface area contributed by atoms with Crippen molar-refractivity contribution in [2.45, 2.75) is 13.8 Å². The van der Waals surface area contributed by atoms with Crippen LogP contribution >= 0.6 is 0 Å². The topological polar surface area (TPSA) is 67.8 Å². The third-order valence-corrected chi connectivity index (χ3v) is 4.26. The molecule has 0 fully saturated rings. The number of amides is 2. The lowest BCUT2D eigenvalue weighted by Crippen LogP contribution is -2.34. The van der Waals surface area contributed by atoms with Crippen LogP contribution in [0.1, 0.15) is 24.2 Å². The van der Waals surface area contributed by atoms with Crippen molar-refractivity contribution in [3.05, 3.63) is 65.4 Å². The van der Waals surface area contributed by atoms with E-state index in [-0.39, 0.29) is 23.7 Å². The van der Waals surface area contributed by atoms with E-state index in [0.717, 1.165) is 11.3 Å². The Balaban J connectivity index is 1.90. The van der Waals surface area contributed by atoms with E-state index in [1.54, 1.807) is 36.4 Å². The Kier molecular flexibility index (Phi) is 4.65.